The van der Waals surface area contributed by atoms with Gasteiger partial charge < -0.3 is 10.1 Å². The van der Waals surface area contributed by atoms with E-state index in [1.165, 1.54) is 10.6 Å². The minimum Gasteiger partial charge on any atom is -0.373 e. The highest BCUT2D eigenvalue weighted by Crippen LogP contribution is 2.35. The summed E-state index contributed by atoms with van der Waals surface area (Å²) in [6, 6.07) is 5.57. The number of hydrogen-bond donors (Lipinski definition) is 1. The molecule has 126 valence electrons. The van der Waals surface area contributed by atoms with Crippen LogP contribution in [0.15, 0.2) is 24.4 Å². The van der Waals surface area contributed by atoms with Crippen molar-refractivity contribution < 1.29 is 17.9 Å². The SMILES string of the molecule is CS(=O)(=O)N1C[C@@H]2C[C@H](CC(=O)NCc3ccccn3)O[C@@H]2C1. The lowest BCUT2D eigenvalue weighted by atomic mass is 10.0. The Kier molecular flexibility index (Phi) is 4.65. The highest BCUT2D eigenvalue weighted by molar-refractivity contribution is 7.88. The van der Waals surface area contributed by atoms with Crippen molar-refractivity contribution in [1.82, 2.24) is 14.6 Å². The van der Waals surface area contributed by atoms with Crippen LogP contribution in [-0.4, -0.2) is 55.2 Å². The van der Waals surface area contributed by atoms with Crippen molar-refractivity contribution >= 4 is 15.9 Å². The number of amides is 1. The van der Waals surface area contributed by atoms with Crippen LogP contribution in [0.5, 0.6) is 0 Å². The molecule has 0 aromatic carbocycles. The second-order valence-corrected chi connectivity index (χ2v) is 8.16. The highest BCUT2D eigenvalue weighted by atomic mass is 32.2. The van der Waals surface area contributed by atoms with Crippen LogP contribution in [-0.2, 0) is 26.1 Å². The van der Waals surface area contributed by atoms with Crippen molar-refractivity contribution in [2.75, 3.05) is 19.3 Å². The van der Waals surface area contributed by atoms with Crippen molar-refractivity contribution in [3.63, 3.8) is 0 Å². The zero-order chi connectivity index (χ0) is 16.4. The summed E-state index contributed by atoms with van der Waals surface area (Å²) in [5.74, 6) is 0.124. The fourth-order valence-corrected chi connectivity index (χ4v) is 4.08. The Balaban J connectivity index is 1.44. The van der Waals surface area contributed by atoms with Gasteiger partial charge in [-0.15, -0.1) is 0 Å². The molecule has 0 saturated carbocycles. The monoisotopic (exact) mass is 339 g/mol. The summed E-state index contributed by atoms with van der Waals surface area (Å²) < 4.78 is 30.4. The Hall–Kier alpha value is -1.51. The number of hydrogen-bond acceptors (Lipinski definition) is 5. The number of ether oxygens (including phenoxy) is 1. The summed E-state index contributed by atoms with van der Waals surface area (Å²) in [5.41, 5.74) is 0.814. The molecule has 0 spiro atoms. The Labute approximate surface area is 136 Å². The molecule has 1 aromatic heterocycles. The van der Waals surface area contributed by atoms with Gasteiger partial charge in [-0.2, -0.15) is 4.31 Å². The molecular formula is C15H21N3O4S. The Bertz CT molecular complexity index is 651. The summed E-state index contributed by atoms with van der Waals surface area (Å²) >= 11 is 0. The lowest BCUT2D eigenvalue weighted by Gasteiger charge is -2.17. The first-order chi connectivity index (χ1) is 10.9. The number of rotatable bonds is 5. The van der Waals surface area contributed by atoms with E-state index in [9.17, 15) is 13.2 Å². The number of nitrogens with zero attached hydrogens (tertiary/aromatic N) is 2. The molecule has 1 amide bonds. The first kappa shape index (κ1) is 16.4. The molecule has 3 rings (SSSR count). The van der Waals surface area contributed by atoms with Gasteiger partial charge in [-0.1, -0.05) is 6.07 Å². The lowest BCUT2D eigenvalue weighted by Crippen LogP contribution is -2.32. The molecule has 2 saturated heterocycles. The molecule has 1 N–H and O–H groups in total. The zero-order valence-electron chi connectivity index (χ0n) is 13.0. The van der Waals surface area contributed by atoms with Crippen LogP contribution in [0.2, 0.25) is 0 Å². The first-order valence-corrected chi connectivity index (χ1v) is 9.54. The van der Waals surface area contributed by atoms with Crippen LogP contribution in [0.1, 0.15) is 18.5 Å². The standard InChI is InChI=1S/C15H21N3O4S/c1-23(20,21)18-9-11-6-13(22-14(11)10-18)7-15(19)17-8-12-4-2-3-5-16-12/h2-5,11,13-14H,6-10H2,1H3,(H,17,19)/t11-,13+,14+/m0/s1. The Morgan fingerprint density at radius 3 is 2.91 bits per heavy atom. The zero-order valence-corrected chi connectivity index (χ0v) is 13.8. The van der Waals surface area contributed by atoms with Gasteiger partial charge in [0.1, 0.15) is 0 Å². The first-order valence-electron chi connectivity index (χ1n) is 7.69. The van der Waals surface area contributed by atoms with E-state index < -0.39 is 10.0 Å². The topological polar surface area (TPSA) is 88.6 Å². The normalized spacial score (nSPS) is 27.8. The van der Waals surface area contributed by atoms with Crippen LogP contribution in [0.3, 0.4) is 0 Å². The molecule has 8 heteroatoms. The van der Waals surface area contributed by atoms with E-state index >= 15 is 0 Å². The van der Waals surface area contributed by atoms with Crippen LogP contribution in [0.4, 0.5) is 0 Å². The molecule has 2 aliphatic heterocycles. The van der Waals surface area contributed by atoms with E-state index in [1.807, 2.05) is 18.2 Å². The van der Waals surface area contributed by atoms with Crippen molar-refractivity contribution in [3.05, 3.63) is 30.1 Å². The minimum atomic E-state index is -3.16. The van der Waals surface area contributed by atoms with Gasteiger partial charge in [0.2, 0.25) is 15.9 Å². The van der Waals surface area contributed by atoms with Crippen LogP contribution >= 0.6 is 0 Å². The van der Waals surface area contributed by atoms with Gasteiger partial charge >= 0.3 is 0 Å². The molecule has 2 fully saturated rings. The largest absolute Gasteiger partial charge is 0.373 e. The quantitative estimate of drug-likeness (QED) is 0.824. The molecule has 0 unspecified atom stereocenters. The van der Waals surface area contributed by atoms with Gasteiger partial charge in [0, 0.05) is 25.2 Å². The molecule has 7 nitrogen and oxygen atoms in total. The van der Waals surface area contributed by atoms with E-state index in [0.717, 1.165) is 12.1 Å². The maximum atomic E-state index is 12.0. The number of aromatic nitrogens is 1. The van der Waals surface area contributed by atoms with Crippen molar-refractivity contribution in [1.29, 1.82) is 0 Å². The molecule has 0 radical (unpaired) electrons. The van der Waals surface area contributed by atoms with Crippen molar-refractivity contribution in [3.8, 4) is 0 Å². The third-order valence-electron chi connectivity index (χ3n) is 4.36. The average Bonchev–Trinajstić information content (AvgIpc) is 3.04. The number of nitrogens with one attached hydrogen (secondary N) is 1. The second kappa shape index (κ2) is 6.54. The predicted octanol–water partition coefficient (Wildman–Crippen LogP) is 0.137. The van der Waals surface area contributed by atoms with E-state index in [2.05, 4.69) is 10.3 Å². The molecule has 0 bridgehead atoms. The second-order valence-electron chi connectivity index (χ2n) is 6.17. The molecule has 2 aliphatic rings. The van der Waals surface area contributed by atoms with Crippen LogP contribution in [0, 0.1) is 5.92 Å². The average molecular weight is 339 g/mol. The minimum absolute atomic E-state index is 0.0689. The molecule has 23 heavy (non-hydrogen) atoms. The van der Waals surface area contributed by atoms with Gasteiger partial charge in [0.05, 0.1) is 37.1 Å². The molecule has 0 aliphatic carbocycles. The maximum absolute atomic E-state index is 12.0. The molecule has 1 aromatic rings. The lowest BCUT2D eigenvalue weighted by molar-refractivity contribution is -0.123. The summed E-state index contributed by atoms with van der Waals surface area (Å²) in [6.45, 7) is 1.30. The number of sulfonamides is 1. The highest BCUT2D eigenvalue weighted by Gasteiger charge is 2.44. The van der Waals surface area contributed by atoms with E-state index in [0.29, 0.717) is 26.1 Å². The fraction of sp³-hybridized carbons (Fsp3) is 0.600. The fourth-order valence-electron chi connectivity index (χ4n) is 3.20. The van der Waals surface area contributed by atoms with Crippen LogP contribution in [0.25, 0.3) is 0 Å². The summed E-state index contributed by atoms with van der Waals surface area (Å²) in [6.07, 6.45) is 3.73. The van der Waals surface area contributed by atoms with E-state index in [1.54, 1.807) is 6.20 Å². The maximum Gasteiger partial charge on any atom is 0.222 e. The third kappa shape index (κ3) is 4.07. The van der Waals surface area contributed by atoms with E-state index in [4.69, 9.17) is 4.74 Å². The van der Waals surface area contributed by atoms with Gasteiger partial charge in [-0.25, -0.2) is 8.42 Å². The van der Waals surface area contributed by atoms with Crippen LogP contribution < -0.4 is 5.32 Å². The number of carbonyl (C=O) groups is 1. The molecule has 3 heterocycles. The van der Waals surface area contributed by atoms with E-state index in [-0.39, 0.29) is 24.0 Å². The number of carbonyl (C=O) groups excluding carboxylic acids is 1. The van der Waals surface area contributed by atoms with Gasteiger partial charge in [0.25, 0.3) is 0 Å². The van der Waals surface area contributed by atoms with Gasteiger partial charge in [-0.05, 0) is 18.6 Å². The summed E-state index contributed by atoms with van der Waals surface area (Å²) in [4.78, 5) is 16.1. The molecule has 3 atom stereocenters. The third-order valence-corrected chi connectivity index (χ3v) is 5.59. The number of fused-ring (bicyclic) bond motifs is 1. The van der Waals surface area contributed by atoms with Crippen molar-refractivity contribution in [2.45, 2.75) is 31.6 Å². The summed E-state index contributed by atoms with van der Waals surface area (Å²) in [5, 5.41) is 2.84. The Morgan fingerprint density at radius 1 is 1.43 bits per heavy atom. The van der Waals surface area contributed by atoms with Gasteiger partial charge in [-0.3, -0.25) is 9.78 Å². The Morgan fingerprint density at radius 2 is 2.26 bits per heavy atom. The molecular weight excluding hydrogens is 318 g/mol. The smallest absolute Gasteiger partial charge is 0.222 e. The van der Waals surface area contributed by atoms with Gasteiger partial charge in [0.15, 0.2) is 0 Å². The predicted molar refractivity (Wildman–Crippen MR) is 83.9 cm³/mol. The van der Waals surface area contributed by atoms with Crippen molar-refractivity contribution in [2.24, 2.45) is 5.92 Å². The summed E-state index contributed by atoms with van der Waals surface area (Å²) in [7, 11) is -3.16. The number of pyridine rings is 1.